The Morgan fingerprint density at radius 1 is 1.33 bits per heavy atom. The molecule has 2 aromatic rings. The van der Waals surface area contributed by atoms with E-state index in [9.17, 15) is 9.59 Å². The number of amides is 2. The molecule has 1 aliphatic rings. The van der Waals surface area contributed by atoms with Gasteiger partial charge in [0.25, 0.3) is 5.91 Å². The summed E-state index contributed by atoms with van der Waals surface area (Å²) < 4.78 is 0.881. The highest BCUT2D eigenvalue weighted by Crippen LogP contribution is 2.32. The second-order valence-corrected chi connectivity index (χ2v) is 8.40. The first-order valence-corrected chi connectivity index (χ1v) is 9.88. The minimum absolute atomic E-state index is 0.120. The lowest BCUT2D eigenvalue weighted by Gasteiger charge is -2.22. The van der Waals surface area contributed by atoms with Crippen molar-refractivity contribution in [3.05, 3.63) is 45.9 Å². The molecule has 0 unspecified atom stereocenters. The summed E-state index contributed by atoms with van der Waals surface area (Å²) >= 11 is 8.88. The minimum Gasteiger partial charge on any atom is -0.278 e. The van der Waals surface area contributed by atoms with Gasteiger partial charge in [0.15, 0.2) is 4.34 Å². The standard InChI is InChI=1S/C17H17ClN2O2S2/c1-11-10-23-17(19-11)24-14-4-2-3-9-20(16(14)22)15(21)12-5-7-13(18)8-6-12/h5-8,10,14H,2-4,9H2,1H3/t14-/m0/s1. The highest BCUT2D eigenvalue weighted by atomic mass is 35.5. The van der Waals surface area contributed by atoms with E-state index in [0.717, 1.165) is 29.3 Å². The summed E-state index contributed by atoms with van der Waals surface area (Å²) in [5, 5.41) is 2.29. The first-order chi connectivity index (χ1) is 11.5. The number of hydrogen-bond acceptors (Lipinski definition) is 5. The molecule has 2 amide bonds. The van der Waals surface area contributed by atoms with Gasteiger partial charge in [0, 0.05) is 28.2 Å². The first-order valence-electron chi connectivity index (χ1n) is 7.74. The van der Waals surface area contributed by atoms with Crippen LogP contribution in [0.4, 0.5) is 0 Å². The number of thiazole rings is 1. The SMILES string of the molecule is Cc1csc(S[C@H]2CCCCN(C(=O)c3ccc(Cl)cc3)C2=O)n1. The molecule has 1 aromatic heterocycles. The summed E-state index contributed by atoms with van der Waals surface area (Å²) in [6, 6.07) is 6.66. The quantitative estimate of drug-likeness (QED) is 0.739. The van der Waals surface area contributed by atoms with Crippen molar-refractivity contribution in [2.24, 2.45) is 0 Å². The molecule has 1 aromatic carbocycles. The zero-order valence-corrected chi connectivity index (χ0v) is 15.6. The van der Waals surface area contributed by atoms with E-state index < -0.39 is 0 Å². The van der Waals surface area contributed by atoms with E-state index in [1.807, 2.05) is 12.3 Å². The fraction of sp³-hybridized carbons (Fsp3) is 0.353. The largest absolute Gasteiger partial charge is 0.278 e. The number of carbonyl (C=O) groups is 2. The zero-order valence-electron chi connectivity index (χ0n) is 13.2. The second kappa shape index (κ2) is 7.68. The minimum atomic E-state index is -0.255. The van der Waals surface area contributed by atoms with Gasteiger partial charge in [-0.1, -0.05) is 29.8 Å². The van der Waals surface area contributed by atoms with Gasteiger partial charge < -0.3 is 0 Å². The lowest BCUT2D eigenvalue weighted by molar-refractivity contribution is -0.127. The molecule has 126 valence electrons. The van der Waals surface area contributed by atoms with Crippen LogP contribution < -0.4 is 0 Å². The summed E-state index contributed by atoms with van der Waals surface area (Å²) in [5.74, 6) is -0.371. The lowest BCUT2D eigenvalue weighted by atomic mass is 10.2. The van der Waals surface area contributed by atoms with E-state index in [2.05, 4.69) is 4.98 Å². The Kier molecular flexibility index (Phi) is 5.58. The van der Waals surface area contributed by atoms with Gasteiger partial charge in [-0.05, 0) is 44.0 Å². The molecule has 0 spiro atoms. The maximum absolute atomic E-state index is 12.9. The highest BCUT2D eigenvalue weighted by Gasteiger charge is 2.32. The van der Waals surface area contributed by atoms with Crippen molar-refractivity contribution in [1.29, 1.82) is 0 Å². The van der Waals surface area contributed by atoms with E-state index in [4.69, 9.17) is 11.6 Å². The summed E-state index contributed by atoms with van der Waals surface area (Å²) in [4.78, 5) is 31.4. The fourth-order valence-corrected chi connectivity index (χ4v) is 4.89. The lowest BCUT2D eigenvalue weighted by Crippen LogP contribution is -2.41. The number of aryl methyl sites for hydroxylation is 1. The van der Waals surface area contributed by atoms with Crippen LogP contribution in [0.15, 0.2) is 34.0 Å². The second-order valence-electron chi connectivity index (χ2n) is 5.66. The number of rotatable bonds is 3. The van der Waals surface area contributed by atoms with Crippen LogP contribution in [0.2, 0.25) is 5.02 Å². The van der Waals surface area contributed by atoms with Crippen LogP contribution in [0.1, 0.15) is 35.3 Å². The van der Waals surface area contributed by atoms with Gasteiger partial charge in [-0.2, -0.15) is 0 Å². The molecular weight excluding hydrogens is 364 g/mol. The summed E-state index contributed by atoms with van der Waals surface area (Å²) in [7, 11) is 0. The number of likely N-dealkylation sites (tertiary alicyclic amines) is 1. The van der Waals surface area contributed by atoms with Crippen LogP contribution in [0.3, 0.4) is 0 Å². The van der Waals surface area contributed by atoms with Gasteiger partial charge in [-0.15, -0.1) is 11.3 Å². The number of imide groups is 1. The zero-order chi connectivity index (χ0) is 17.1. The molecule has 0 N–H and O–H groups in total. The van der Waals surface area contributed by atoms with Gasteiger partial charge in [-0.25, -0.2) is 4.98 Å². The topological polar surface area (TPSA) is 50.3 Å². The summed E-state index contributed by atoms with van der Waals surface area (Å²) in [6.07, 6.45) is 2.53. The Labute approximate surface area is 154 Å². The molecule has 1 fully saturated rings. The predicted octanol–water partition coefficient (Wildman–Crippen LogP) is 4.42. The van der Waals surface area contributed by atoms with Gasteiger partial charge in [0.1, 0.15) is 0 Å². The molecule has 24 heavy (non-hydrogen) atoms. The molecule has 1 aliphatic heterocycles. The molecule has 0 bridgehead atoms. The number of halogens is 1. The molecule has 1 atom stereocenters. The molecule has 3 rings (SSSR count). The van der Waals surface area contributed by atoms with Crippen LogP contribution >= 0.6 is 34.7 Å². The number of aromatic nitrogens is 1. The van der Waals surface area contributed by atoms with Crippen molar-refractivity contribution in [1.82, 2.24) is 9.88 Å². The van der Waals surface area contributed by atoms with Crippen LogP contribution in [-0.4, -0.2) is 33.5 Å². The Balaban J connectivity index is 1.78. The number of carbonyl (C=O) groups excluding carboxylic acids is 2. The number of hydrogen-bond donors (Lipinski definition) is 0. The van der Waals surface area contributed by atoms with Gasteiger partial charge in [0.2, 0.25) is 5.91 Å². The molecule has 0 saturated carbocycles. The van der Waals surface area contributed by atoms with Crippen molar-refractivity contribution in [2.75, 3.05) is 6.54 Å². The third-order valence-electron chi connectivity index (χ3n) is 3.82. The number of benzene rings is 1. The normalized spacial score (nSPS) is 18.5. The van der Waals surface area contributed by atoms with Crippen LogP contribution in [0.5, 0.6) is 0 Å². The van der Waals surface area contributed by atoms with Crippen molar-refractivity contribution in [2.45, 2.75) is 35.8 Å². The van der Waals surface area contributed by atoms with Gasteiger partial charge >= 0.3 is 0 Å². The van der Waals surface area contributed by atoms with Crippen molar-refractivity contribution in [3.8, 4) is 0 Å². The molecule has 0 radical (unpaired) electrons. The van der Waals surface area contributed by atoms with E-state index >= 15 is 0 Å². The van der Waals surface area contributed by atoms with E-state index in [1.165, 1.54) is 16.7 Å². The smallest absolute Gasteiger partial charge is 0.260 e. The Morgan fingerprint density at radius 3 is 2.75 bits per heavy atom. The number of nitrogens with zero attached hydrogens (tertiary/aromatic N) is 2. The number of thioether (sulfide) groups is 1. The molecule has 7 heteroatoms. The van der Waals surface area contributed by atoms with E-state index in [-0.39, 0.29) is 17.1 Å². The average Bonchev–Trinajstić information content (AvgIpc) is 2.89. The molecular formula is C17H17ClN2O2S2. The van der Waals surface area contributed by atoms with Crippen LogP contribution in [0, 0.1) is 6.92 Å². The van der Waals surface area contributed by atoms with E-state index in [0.29, 0.717) is 17.1 Å². The van der Waals surface area contributed by atoms with Crippen molar-refractivity contribution >= 4 is 46.5 Å². The Bertz CT molecular complexity index is 745. The van der Waals surface area contributed by atoms with Gasteiger partial charge in [-0.3, -0.25) is 14.5 Å². The van der Waals surface area contributed by atoms with Crippen LogP contribution in [-0.2, 0) is 4.79 Å². The fourth-order valence-electron chi connectivity index (χ4n) is 2.57. The third kappa shape index (κ3) is 3.99. The van der Waals surface area contributed by atoms with Crippen molar-refractivity contribution in [3.63, 3.8) is 0 Å². The maximum Gasteiger partial charge on any atom is 0.260 e. The Hall–Kier alpha value is -1.37. The van der Waals surface area contributed by atoms with E-state index in [1.54, 1.807) is 35.6 Å². The maximum atomic E-state index is 12.9. The van der Waals surface area contributed by atoms with Crippen molar-refractivity contribution < 1.29 is 9.59 Å². The molecule has 2 heterocycles. The summed E-state index contributed by atoms with van der Waals surface area (Å²) in [5.41, 5.74) is 1.45. The first kappa shape index (κ1) is 17.5. The van der Waals surface area contributed by atoms with Crippen LogP contribution in [0.25, 0.3) is 0 Å². The van der Waals surface area contributed by atoms with Gasteiger partial charge in [0.05, 0.1) is 5.25 Å². The average molecular weight is 381 g/mol. The highest BCUT2D eigenvalue weighted by molar-refractivity contribution is 8.02. The monoisotopic (exact) mass is 380 g/mol. The third-order valence-corrected chi connectivity index (χ3v) is 6.41. The molecule has 4 nitrogen and oxygen atoms in total. The summed E-state index contributed by atoms with van der Waals surface area (Å²) in [6.45, 7) is 2.40. The predicted molar refractivity (Wildman–Crippen MR) is 97.8 cm³/mol. The molecule has 1 saturated heterocycles. The Morgan fingerprint density at radius 2 is 2.08 bits per heavy atom. The molecule has 0 aliphatic carbocycles.